The summed E-state index contributed by atoms with van der Waals surface area (Å²) in [6.07, 6.45) is 1.43. The lowest BCUT2D eigenvalue weighted by Gasteiger charge is -2.16. The summed E-state index contributed by atoms with van der Waals surface area (Å²) < 4.78 is 13.5. The molecule has 3 aromatic rings. The Morgan fingerprint density at radius 2 is 1.88 bits per heavy atom. The predicted octanol–water partition coefficient (Wildman–Crippen LogP) is 3.09. The van der Waals surface area contributed by atoms with E-state index in [4.69, 9.17) is 0 Å². The van der Waals surface area contributed by atoms with E-state index in [-0.39, 0.29) is 5.82 Å². The van der Waals surface area contributed by atoms with Crippen LogP contribution in [0.2, 0.25) is 0 Å². The Morgan fingerprint density at radius 3 is 2.58 bits per heavy atom. The molecule has 0 aliphatic heterocycles. The number of amides is 1. The van der Waals surface area contributed by atoms with Crippen LogP contribution in [0, 0.1) is 5.82 Å². The van der Waals surface area contributed by atoms with Crippen molar-refractivity contribution in [2.45, 2.75) is 26.0 Å². The molecule has 3 rings (SSSR count). The van der Waals surface area contributed by atoms with Crippen LogP contribution < -0.4 is 10.6 Å². The van der Waals surface area contributed by atoms with Crippen molar-refractivity contribution in [2.24, 2.45) is 0 Å². The number of halogens is 1. The number of anilines is 2. The number of aliphatic hydroxyl groups is 1. The summed E-state index contributed by atoms with van der Waals surface area (Å²) in [5.41, 5.74) is 0.766. The molecule has 1 aromatic heterocycles. The highest BCUT2D eigenvalue weighted by Crippen LogP contribution is 2.21. The predicted molar refractivity (Wildman–Crippen MR) is 98.2 cm³/mol. The van der Waals surface area contributed by atoms with Gasteiger partial charge in [-0.1, -0.05) is 12.1 Å². The number of aromatic nitrogens is 2. The fourth-order valence-electron chi connectivity index (χ4n) is 2.35. The van der Waals surface area contributed by atoms with Gasteiger partial charge in [0.15, 0.2) is 0 Å². The topological polar surface area (TPSA) is 87.1 Å². The van der Waals surface area contributed by atoms with Gasteiger partial charge >= 0.3 is 0 Å². The fourth-order valence-corrected chi connectivity index (χ4v) is 2.35. The first-order chi connectivity index (χ1) is 12.3. The Morgan fingerprint density at radius 1 is 1.15 bits per heavy atom. The fraction of sp³-hybridized carbons (Fsp3) is 0.211. The van der Waals surface area contributed by atoms with Gasteiger partial charge in [-0.2, -0.15) is 0 Å². The Labute approximate surface area is 150 Å². The van der Waals surface area contributed by atoms with Crippen LogP contribution in [-0.2, 0) is 11.3 Å². The van der Waals surface area contributed by atoms with Crippen molar-refractivity contribution < 1.29 is 14.3 Å². The summed E-state index contributed by atoms with van der Waals surface area (Å²) in [6, 6.07) is 11.6. The van der Waals surface area contributed by atoms with Crippen molar-refractivity contribution in [3.05, 3.63) is 60.2 Å². The highest BCUT2D eigenvalue weighted by Gasteiger charge is 2.23. The third-order valence-electron chi connectivity index (χ3n) is 3.82. The zero-order valence-electron chi connectivity index (χ0n) is 14.5. The van der Waals surface area contributed by atoms with Crippen LogP contribution in [-0.4, -0.2) is 26.6 Å². The van der Waals surface area contributed by atoms with E-state index in [9.17, 15) is 14.3 Å². The monoisotopic (exact) mass is 354 g/mol. The largest absolute Gasteiger partial charge is 0.381 e. The molecule has 6 nitrogen and oxygen atoms in total. The summed E-state index contributed by atoms with van der Waals surface area (Å²) in [5.74, 6) is -0.269. The maximum absolute atomic E-state index is 13.5. The summed E-state index contributed by atoms with van der Waals surface area (Å²) in [5, 5.41) is 16.1. The molecule has 0 radical (unpaired) electrons. The molecule has 0 bridgehead atoms. The van der Waals surface area contributed by atoms with Crippen LogP contribution in [0.1, 0.15) is 19.4 Å². The molecule has 0 unspecified atom stereocenters. The Kier molecular flexibility index (Phi) is 4.81. The van der Waals surface area contributed by atoms with Crippen molar-refractivity contribution in [3.63, 3.8) is 0 Å². The van der Waals surface area contributed by atoms with Crippen LogP contribution in [0.25, 0.3) is 10.9 Å². The average Bonchev–Trinajstić information content (AvgIpc) is 2.60. The first-order valence-corrected chi connectivity index (χ1v) is 8.10. The van der Waals surface area contributed by atoms with Gasteiger partial charge in [-0.15, -0.1) is 0 Å². The van der Waals surface area contributed by atoms with Gasteiger partial charge in [-0.25, -0.2) is 14.4 Å². The number of benzene rings is 2. The molecule has 0 atom stereocenters. The molecule has 0 aliphatic carbocycles. The molecular formula is C19H19FN4O2. The normalized spacial score (nSPS) is 11.4. The van der Waals surface area contributed by atoms with Gasteiger partial charge in [-0.3, -0.25) is 4.79 Å². The molecule has 0 aliphatic rings. The van der Waals surface area contributed by atoms with Gasteiger partial charge in [0.05, 0.1) is 5.52 Å². The Hall–Kier alpha value is -3.06. The second kappa shape index (κ2) is 7.05. The maximum Gasteiger partial charge on any atom is 0.255 e. The highest BCUT2D eigenvalue weighted by atomic mass is 19.1. The van der Waals surface area contributed by atoms with Crippen LogP contribution in [0.4, 0.5) is 15.9 Å². The molecule has 7 heteroatoms. The van der Waals surface area contributed by atoms with Crippen molar-refractivity contribution in [1.82, 2.24) is 9.97 Å². The molecule has 0 saturated heterocycles. The molecule has 2 aromatic carbocycles. The smallest absolute Gasteiger partial charge is 0.255 e. The van der Waals surface area contributed by atoms with E-state index >= 15 is 0 Å². The van der Waals surface area contributed by atoms with Gasteiger partial charge in [0.1, 0.15) is 23.6 Å². The molecule has 0 saturated carbocycles. The molecular weight excluding hydrogens is 335 g/mol. The van der Waals surface area contributed by atoms with Gasteiger partial charge in [0.2, 0.25) is 0 Å². The molecule has 1 heterocycles. The summed E-state index contributed by atoms with van der Waals surface area (Å²) in [6.45, 7) is 3.33. The third kappa shape index (κ3) is 4.12. The van der Waals surface area contributed by atoms with Crippen molar-refractivity contribution in [2.75, 3.05) is 10.6 Å². The van der Waals surface area contributed by atoms with Crippen LogP contribution in [0.3, 0.4) is 0 Å². The summed E-state index contributed by atoms with van der Waals surface area (Å²) in [7, 11) is 0. The minimum atomic E-state index is -1.44. The third-order valence-corrected chi connectivity index (χ3v) is 3.82. The van der Waals surface area contributed by atoms with E-state index in [0.717, 1.165) is 5.56 Å². The zero-order valence-corrected chi connectivity index (χ0v) is 14.5. The Bertz CT molecular complexity index is 936. The average molecular weight is 354 g/mol. The minimum absolute atomic E-state index is 0.345. The Balaban J connectivity index is 1.69. The SMILES string of the molecule is CC(C)(O)C(=O)Nc1ccc(CNc2ncnc3ccc(F)cc23)cc1. The first-order valence-electron chi connectivity index (χ1n) is 8.10. The van der Waals surface area contributed by atoms with Crippen molar-refractivity contribution >= 4 is 28.3 Å². The van der Waals surface area contributed by atoms with Crippen molar-refractivity contribution in [1.29, 1.82) is 0 Å². The number of nitrogens with one attached hydrogen (secondary N) is 2. The number of hydrogen-bond donors (Lipinski definition) is 3. The lowest BCUT2D eigenvalue weighted by Crippen LogP contribution is -2.36. The van der Waals surface area contributed by atoms with E-state index < -0.39 is 11.5 Å². The molecule has 3 N–H and O–H groups in total. The number of nitrogens with zero attached hydrogens (tertiary/aromatic N) is 2. The quantitative estimate of drug-likeness (QED) is 0.655. The van der Waals surface area contributed by atoms with Gasteiger partial charge in [0, 0.05) is 17.6 Å². The summed E-state index contributed by atoms with van der Waals surface area (Å²) in [4.78, 5) is 20.1. The molecule has 0 spiro atoms. The second-order valence-electron chi connectivity index (χ2n) is 6.45. The van der Waals surface area contributed by atoms with Crippen LogP contribution >= 0.6 is 0 Å². The lowest BCUT2D eigenvalue weighted by molar-refractivity contribution is -0.130. The molecule has 0 fully saturated rings. The van der Waals surface area contributed by atoms with Crippen LogP contribution in [0.5, 0.6) is 0 Å². The number of fused-ring (bicyclic) bond motifs is 1. The molecule has 26 heavy (non-hydrogen) atoms. The van der Waals surface area contributed by atoms with E-state index in [2.05, 4.69) is 20.6 Å². The number of carbonyl (C=O) groups excluding carboxylic acids is 1. The number of hydrogen-bond acceptors (Lipinski definition) is 5. The standard InChI is InChI=1S/C19H19FN4O2/c1-19(2,26)18(25)24-14-6-3-12(4-7-14)10-21-17-15-9-13(20)5-8-16(15)22-11-23-17/h3-9,11,26H,10H2,1-2H3,(H,24,25)(H,21,22,23). The second-order valence-corrected chi connectivity index (χ2v) is 6.45. The van der Waals surface area contributed by atoms with Crippen molar-refractivity contribution in [3.8, 4) is 0 Å². The van der Waals surface area contributed by atoms with Gasteiger partial charge in [0.25, 0.3) is 5.91 Å². The highest BCUT2D eigenvalue weighted by molar-refractivity contribution is 5.96. The maximum atomic E-state index is 13.5. The number of rotatable bonds is 5. The van der Waals surface area contributed by atoms with E-state index in [1.54, 1.807) is 18.2 Å². The van der Waals surface area contributed by atoms with Gasteiger partial charge in [-0.05, 0) is 49.7 Å². The zero-order chi connectivity index (χ0) is 18.7. The van der Waals surface area contributed by atoms with E-state index in [0.29, 0.717) is 29.0 Å². The van der Waals surface area contributed by atoms with E-state index in [1.807, 2.05) is 12.1 Å². The first kappa shape index (κ1) is 17.8. The minimum Gasteiger partial charge on any atom is -0.381 e. The van der Waals surface area contributed by atoms with E-state index in [1.165, 1.54) is 32.3 Å². The van der Waals surface area contributed by atoms with Gasteiger partial charge < -0.3 is 15.7 Å². The summed E-state index contributed by atoms with van der Waals surface area (Å²) >= 11 is 0. The van der Waals surface area contributed by atoms with Crippen LogP contribution in [0.15, 0.2) is 48.8 Å². The lowest BCUT2D eigenvalue weighted by atomic mass is 10.1. The molecule has 134 valence electrons. The molecule has 1 amide bonds. The number of carbonyl (C=O) groups is 1.